The molecule has 6 heteroatoms. The number of anilines is 1. The Morgan fingerprint density at radius 1 is 1.07 bits per heavy atom. The Bertz CT molecular complexity index is 760. The summed E-state index contributed by atoms with van der Waals surface area (Å²) < 4.78 is 22.8. The van der Waals surface area contributed by atoms with Crippen LogP contribution in [0, 0.1) is 4.78 Å². The molecule has 0 amide bonds. The summed E-state index contributed by atoms with van der Waals surface area (Å²) in [4.78, 5) is 0. The molecule has 2 atom stereocenters. The van der Waals surface area contributed by atoms with Crippen LogP contribution < -0.4 is 11.1 Å². The number of hydrogen-bond donors (Lipinski definition) is 3. The molecule has 4 N–H and O–H groups in total. The number of rotatable bonds is 2. The van der Waals surface area contributed by atoms with Crippen molar-refractivity contribution in [2.45, 2.75) is 45.4 Å². The second-order valence-electron chi connectivity index (χ2n) is 6.48. The summed E-state index contributed by atoms with van der Waals surface area (Å²) in [5, 5.41) is 3.40. The number of nitrogens with two attached hydrogens (primary N) is 1. The Kier molecular flexibility index (Phi) is 9.75. The van der Waals surface area contributed by atoms with Crippen LogP contribution in [-0.2, 0) is 16.9 Å². The van der Waals surface area contributed by atoms with Crippen LogP contribution in [0.25, 0.3) is 0 Å². The molecule has 1 aliphatic heterocycles. The molecular formula is C21H31N3O2S. The molecule has 5 nitrogen and oxygen atoms in total. The van der Waals surface area contributed by atoms with Crippen molar-refractivity contribution >= 4 is 16.2 Å². The van der Waals surface area contributed by atoms with Crippen molar-refractivity contribution in [3.63, 3.8) is 0 Å². The molecule has 1 heterocycles. The van der Waals surface area contributed by atoms with Gasteiger partial charge in [-0.3, -0.25) is 0 Å². The van der Waals surface area contributed by atoms with E-state index in [4.69, 9.17) is 18.9 Å². The third kappa shape index (κ3) is 6.48. The Balaban J connectivity index is 0.000000220. The maximum absolute atomic E-state index is 8.67. The highest BCUT2D eigenvalue weighted by atomic mass is 32.2. The van der Waals surface area contributed by atoms with E-state index in [0.717, 1.165) is 19.0 Å². The minimum absolute atomic E-state index is 0. The third-order valence-electron chi connectivity index (χ3n) is 4.97. The van der Waals surface area contributed by atoms with Gasteiger partial charge in [-0.2, -0.15) is 13.2 Å². The van der Waals surface area contributed by atoms with E-state index in [2.05, 4.69) is 60.8 Å². The first-order valence-corrected chi connectivity index (χ1v) is 10.0. The van der Waals surface area contributed by atoms with Crippen LogP contribution in [0.3, 0.4) is 0 Å². The average molecular weight is 390 g/mol. The number of para-hydroxylation sites is 1. The van der Waals surface area contributed by atoms with Crippen molar-refractivity contribution in [1.82, 2.24) is 0 Å². The molecule has 0 saturated heterocycles. The zero-order valence-electron chi connectivity index (χ0n) is 15.1. The summed E-state index contributed by atoms with van der Waals surface area (Å²) in [6.45, 7) is 4.17. The van der Waals surface area contributed by atoms with Crippen molar-refractivity contribution in [1.29, 1.82) is 4.78 Å². The van der Waals surface area contributed by atoms with Crippen LogP contribution in [0.1, 0.15) is 55.7 Å². The third-order valence-corrected chi connectivity index (χ3v) is 4.97. The smallest absolute Gasteiger partial charge is 0.308 e. The van der Waals surface area contributed by atoms with Gasteiger partial charge in [-0.05, 0) is 54.5 Å². The van der Waals surface area contributed by atoms with Crippen molar-refractivity contribution < 1.29 is 8.42 Å². The summed E-state index contributed by atoms with van der Waals surface area (Å²) in [5.41, 5.74) is 11.5. The largest absolute Gasteiger partial charge is 0.384 e. The lowest BCUT2D eigenvalue weighted by Crippen LogP contribution is -2.08. The van der Waals surface area contributed by atoms with Gasteiger partial charge in [0, 0.05) is 18.2 Å². The highest BCUT2D eigenvalue weighted by Gasteiger charge is 2.20. The molecule has 27 heavy (non-hydrogen) atoms. The lowest BCUT2D eigenvalue weighted by atomic mass is 9.99. The van der Waals surface area contributed by atoms with Crippen molar-refractivity contribution in [3.05, 3.63) is 65.2 Å². The summed E-state index contributed by atoms with van der Waals surface area (Å²) >= 11 is 0. The van der Waals surface area contributed by atoms with E-state index in [1.807, 2.05) is 0 Å². The lowest BCUT2D eigenvalue weighted by molar-refractivity contribution is 0.620. The fourth-order valence-corrected chi connectivity index (χ4v) is 3.61. The van der Waals surface area contributed by atoms with Gasteiger partial charge in [-0.1, -0.05) is 56.8 Å². The summed E-state index contributed by atoms with van der Waals surface area (Å²) in [7, 11) is -2.61. The molecule has 2 unspecified atom stereocenters. The molecule has 0 saturated carbocycles. The Morgan fingerprint density at radius 3 is 2.30 bits per heavy atom. The maximum atomic E-state index is 8.67. The first kappa shape index (κ1) is 22.9. The van der Waals surface area contributed by atoms with E-state index >= 15 is 0 Å². The molecule has 1 aliphatic carbocycles. The molecule has 4 rings (SSSR count). The van der Waals surface area contributed by atoms with Gasteiger partial charge >= 0.3 is 10.5 Å². The lowest BCUT2D eigenvalue weighted by Gasteiger charge is -2.06. The second-order valence-corrected chi connectivity index (χ2v) is 6.95. The van der Waals surface area contributed by atoms with Gasteiger partial charge < -0.3 is 11.1 Å². The number of aryl methyl sites for hydroxylation is 1. The van der Waals surface area contributed by atoms with E-state index in [9.17, 15) is 0 Å². The standard InChI is InChI=1S/2C10H13N.CH4.HNO2S/c1-2-8-7-11-10-6-4-3-5-9(8)10;11-7-9-6-5-8-3-1-2-4-10(8)9;;1-4(2)3/h3-6,8,11H,2,7H2,1H3;1-4,9H,5-7,11H2;1H4;1H. The predicted molar refractivity (Wildman–Crippen MR) is 113 cm³/mol. The Morgan fingerprint density at radius 2 is 1.67 bits per heavy atom. The highest BCUT2D eigenvalue weighted by molar-refractivity contribution is 7.60. The van der Waals surface area contributed by atoms with Crippen molar-refractivity contribution in [2.75, 3.05) is 18.4 Å². The Labute approximate surface area is 164 Å². The second kappa shape index (κ2) is 11.5. The first-order chi connectivity index (χ1) is 12.6. The normalized spacial score (nSPS) is 18.3. The number of fused-ring (bicyclic) bond motifs is 2. The fraction of sp³-hybridized carbons (Fsp3) is 0.429. The number of hydrogen-bond acceptors (Lipinski definition) is 5. The van der Waals surface area contributed by atoms with Gasteiger partial charge in [-0.25, -0.2) is 0 Å². The average Bonchev–Trinajstić information content (AvgIpc) is 3.25. The zero-order chi connectivity index (χ0) is 18.9. The molecule has 0 aromatic heterocycles. The van der Waals surface area contributed by atoms with E-state index in [1.165, 1.54) is 41.6 Å². The van der Waals surface area contributed by atoms with Gasteiger partial charge in [0.05, 0.1) is 0 Å². The summed E-state index contributed by atoms with van der Waals surface area (Å²) in [5.74, 6) is 1.37. The van der Waals surface area contributed by atoms with Crippen molar-refractivity contribution in [2.24, 2.45) is 5.73 Å². The minimum Gasteiger partial charge on any atom is -0.384 e. The summed E-state index contributed by atoms with van der Waals surface area (Å²) in [6, 6.07) is 17.2. The van der Waals surface area contributed by atoms with E-state index in [0.29, 0.717) is 5.92 Å². The van der Waals surface area contributed by atoms with Crippen LogP contribution in [0.2, 0.25) is 0 Å². The van der Waals surface area contributed by atoms with Gasteiger partial charge in [0.25, 0.3) is 0 Å². The van der Waals surface area contributed by atoms with Crippen molar-refractivity contribution in [3.8, 4) is 0 Å². The van der Waals surface area contributed by atoms with Gasteiger partial charge in [0.1, 0.15) is 0 Å². The van der Waals surface area contributed by atoms with E-state index in [-0.39, 0.29) is 7.43 Å². The highest BCUT2D eigenvalue weighted by Crippen LogP contribution is 2.32. The SMILES string of the molecule is C.CCC1CNc2ccccc21.N=S(=O)=O.NCC1CCc2ccccc21. The molecular weight excluding hydrogens is 358 g/mol. The number of nitrogens with one attached hydrogen (secondary N) is 2. The van der Waals surface area contributed by atoms with Crippen LogP contribution in [0.5, 0.6) is 0 Å². The molecule has 2 aromatic rings. The maximum Gasteiger partial charge on any atom is 0.308 e. The molecule has 0 radical (unpaired) electrons. The fourth-order valence-electron chi connectivity index (χ4n) is 3.61. The first-order valence-electron chi connectivity index (χ1n) is 8.97. The van der Waals surface area contributed by atoms with Crippen LogP contribution in [0.15, 0.2) is 48.5 Å². The molecule has 2 aromatic carbocycles. The summed E-state index contributed by atoms with van der Waals surface area (Å²) in [6.07, 6.45) is 3.71. The van der Waals surface area contributed by atoms with Crippen LogP contribution >= 0.6 is 0 Å². The zero-order valence-corrected chi connectivity index (χ0v) is 15.9. The van der Waals surface area contributed by atoms with Gasteiger partial charge in [0.15, 0.2) is 0 Å². The molecule has 2 aliphatic rings. The van der Waals surface area contributed by atoms with E-state index < -0.39 is 10.5 Å². The van der Waals surface area contributed by atoms with Crippen LogP contribution in [-0.4, -0.2) is 21.5 Å². The molecule has 148 valence electrons. The molecule has 0 spiro atoms. The predicted octanol–water partition coefficient (Wildman–Crippen LogP) is 4.54. The minimum atomic E-state index is -2.61. The molecule has 0 bridgehead atoms. The van der Waals surface area contributed by atoms with E-state index in [1.54, 1.807) is 0 Å². The molecule has 0 fully saturated rings. The Hall–Kier alpha value is -2.18. The topological polar surface area (TPSA) is 96.0 Å². The quantitative estimate of drug-likeness (QED) is 0.702. The van der Waals surface area contributed by atoms with Gasteiger partial charge in [-0.15, -0.1) is 0 Å². The van der Waals surface area contributed by atoms with Crippen LogP contribution in [0.4, 0.5) is 5.69 Å². The monoisotopic (exact) mass is 389 g/mol. The number of benzene rings is 2. The van der Waals surface area contributed by atoms with Gasteiger partial charge in [0.2, 0.25) is 0 Å².